The normalized spacial score (nSPS) is 16.0. The molecule has 0 aliphatic carbocycles. The molecule has 1 aliphatic heterocycles. The van der Waals surface area contributed by atoms with Crippen molar-refractivity contribution in [2.45, 2.75) is 26.1 Å². The van der Waals surface area contributed by atoms with E-state index in [1.807, 2.05) is 60.0 Å². The van der Waals surface area contributed by atoms with E-state index >= 15 is 0 Å². The minimum absolute atomic E-state index is 0.00921. The van der Waals surface area contributed by atoms with Crippen molar-refractivity contribution in [3.63, 3.8) is 0 Å². The Labute approximate surface area is 145 Å². The van der Waals surface area contributed by atoms with Gasteiger partial charge in [-0.1, -0.05) is 41.9 Å². The first kappa shape index (κ1) is 15.1. The summed E-state index contributed by atoms with van der Waals surface area (Å²) in [5.74, 6) is 0.668. The second-order valence-corrected chi connectivity index (χ2v) is 6.45. The summed E-state index contributed by atoms with van der Waals surface area (Å²) in [5.41, 5.74) is 2.58. The zero-order chi connectivity index (χ0) is 16.7. The molecule has 1 amide bonds. The summed E-state index contributed by atoms with van der Waals surface area (Å²) in [7, 11) is 0. The standard InChI is InChI=1S/C19H17ClN2O2/c1-12-11-22-16(19(23)21-10-13-5-3-2-4-6-13)9-14-15(20)7-8-17(24-12)18(14)22/h2-9,12H,10-11H2,1H3,(H,21,23)/t12-/m0/s1. The molecule has 0 saturated heterocycles. The van der Waals surface area contributed by atoms with E-state index in [9.17, 15) is 4.79 Å². The van der Waals surface area contributed by atoms with E-state index in [1.165, 1.54) is 0 Å². The number of carbonyl (C=O) groups excluding carboxylic acids is 1. The van der Waals surface area contributed by atoms with Crippen LogP contribution < -0.4 is 10.1 Å². The molecule has 1 aliphatic rings. The Kier molecular flexibility index (Phi) is 3.69. The van der Waals surface area contributed by atoms with Gasteiger partial charge in [0.1, 0.15) is 17.5 Å². The predicted octanol–water partition coefficient (Wildman–Crippen LogP) is 4.01. The number of nitrogens with zero attached hydrogens (tertiary/aromatic N) is 1. The van der Waals surface area contributed by atoms with E-state index in [1.54, 1.807) is 0 Å². The van der Waals surface area contributed by atoms with Crippen molar-refractivity contribution in [1.29, 1.82) is 0 Å². The van der Waals surface area contributed by atoms with Crippen LogP contribution in [-0.4, -0.2) is 16.6 Å². The zero-order valence-corrected chi connectivity index (χ0v) is 14.0. The van der Waals surface area contributed by atoms with Gasteiger partial charge in [-0.15, -0.1) is 0 Å². The molecular weight excluding hydrogens is 324 g/mol. The first-order valence-corrected chi connectivity index (χ1v) is 8.32. The molecule has 0 bridgehead atoms. The van der Waals surface area contributed by atoms with Crippen LogP contribution in [0, 0.1) is 0 Å². The van der Waals surface area contributed by atoms with Crippen LogP contribution in [0.5, 0.6) is 5.75 Å². The summed E-state index contributed by atoms with van der Waals surface area (Å²) < 4.78 is 7.88. The van der Waals surface area contributed by atoms with E-state index in [0.717, 1.165) is 22.2 Å². The van der Waals surface area contributed by atoms with Gasteiger partial charge < -0.3 is 14.6 Å². The number of hydrogen-bond acceptors (Lipinski definition) is 2. The van der Waals surface area contributed by atoms with Gasteiger partial charge in [-0.2, -0.15) is 0 Å². The molecule has 0 unspecified atom stereocenters. The van der Waals surface area contributed by atoms with Gasteiger partial charge >= 0.3 is 0 Å². The van der Waals surface area contributed by atoms with Gasteiger partial charge in [0.05, 0.1) is 17.1 Å². The number of aromatic nitrogens is 1. The number of halogens is 1. The average Bonchev–Trinajstić information content (AvgIpc) is 2.97. The van der Waals surface area contributed by atoms with E-state index in [4.69, 9.17) is 16.3 Å². The lowest BCUT2D eigenvalue weighted by molar-refractivity contribution is 0.0937. The summed E-state index contributed by atoms with van der Waals surface area (Å²) in [6.45, 7) is 3.12. The van der Waals surface area contributed by atoms with Crippen LogP contribution in [-0.2, 0) is 13.1 Å². The third-order valence-electron chi connectivity index (χ3n) is 4.26. The van der Waals surface area contributed by atoms with Crippen molar-refractivity contribution in [2.75, 3.05) is 0 Å². The zero-order valence-electron chi connectivity index (χ0n) is 13.3. The number of amides is 1. The summed E-state index contributed by atoms with van der Waals surface area (Å²) in [4.78, 5) is 12.7. The van der Waals surface area contributed by atoms with Crippen LogP contribution in [0.3, 0.4) is 0 Å². The number of carbonyl (C=O) groups is 1. The Bertz CT molecular complexity index is 918. The maximum Gasteiger partial charge on any atom is 0.268 e. The van der Waals surface area contributed by atoms with Crippen LogP contribution >= 0.6 is 11.6 Å². The molecular formula is C19H17ClN2O2. The Morgan fingerprint density at radius 1 is 1.29 bits per heavy atom. The molecule has 2 heterocycles. The van der Waals surface area contributed by atoms with Crippen molar-refractivity contribution in [3.05, 3.63) is 64.8 Å². The quantitative estimate of drug-likeness (QED) is 0.783. The monoisotopic (exact) mass is 340 g/mol. The first-order chi connectivity index (χ1) is 11.6. The number of benzene rings is 2. The summed E-state index contributed by atoms with van der Waals surface area (Å²) in [6, 6.07) is 15.4. The highest BCUT2D eigenvalue weighted by Gasteiger charge is 2.25. The Morgan fingerprint density at radius 3 is 2.88 bits per heavy atom. The molecule has 1 atom stereocenters. The molecule has 0 spiro atoms. The minimum atomic E-state index is -0.105. The highest BCUT2D eigenvalue weighted by Crippen LogP contribution is 2.37. The fourth-order valence-electron chi connectivity index (χ4n) is 3.17. The van der Waals surface area contributed by atoms with Crippen molar-refractivity contribution >= 4 is 28.4 Å². The second-order valence-electron chi connectivity index (χ2n) is 6.04. The van der Waals surface area contributed by atoms with Gasteiger partial charge in [-0.05, 0) is 30.7 Å². The molecule has 2 aromatic carbocycles. The van der Waals surface area contributed by atoms with Crippen molar-refractivity contribution in [1.82, 2.24) is 9.88 Å². The highest BCUT2D eigenvalue weighted by atomic mass is 35.5. The van der Waals surface area contributed by atoms with Crippen LogP contribution in [0.15, 0.2) is 48.5 Å². The largest absolute Gasteiger partial charge is 0.487 e. The molecule has 0 radical (unpaired) electrons. The SMILES string of the molecule is C[C@H]1Cn2c(C(=O)NCc3ccccc3)cc3c(Cl)ccc(c32)O1. The maximum atomic E-state index is 12.7. The fraction of sp³-hybridized carbons (Fsp3) is 0.211. The van der Waals surface area contributed by atoms with E-state index in [-0.39, 0.29) is 12.0 Å². The molecule has 0 saturated carbocycles. The van der Waals surface area contributed by atoms with Crippen LogP contribution in [0.4, 0.5) is 0 Å². The summed E-state index contributed by atoms with van der Waals surface area (Å²) in [5, 5.41) is 4.47. The fourth-order valence-corrected chi connectivity index (χ4v) is 3.37. The lowest BCUT2D eigenvalue weighted by Crippen LogP contribution is -2.30. The molecule has 3 aromatic rings. The number of hydrogen-bond donors (Lipinski definition) is 1. The highest BCUT2D eigenvalue weighted by molar-refractivity contribution is 6.36. The Hall–Kier alpha value is -2.46. The summed E-state index contributed by atoms with van der Waals surface area (Å²) >= 11 is 6.31. The van der Waals surface area contributed by atoms with E-state index in [0.29, 0.717) is 23.8 Å². The molecule has 24 heavy (non-hydrogen) atoms. The molecule has 122 valence electrons. The van der Waals surface area contributed by atoms with Gasteiger partial charge in [0.25, 0.3) is 5.91 Å². The average molecular weight is 341 g/mol. The number of rotatable bonds is 3. The van der Waals surface area contributed by atoms with E-state index < -0.39 is 0 Å². The van der Waals surface area contributed by atoms with E-state index in [2.05, 4.69) is 5.32 Å². The number of nitrogens with one attached hydrogen (secondary N) is 1. The Morgan fingerprint density at radius 2 is 2.08 bits per heavy atom. The van der Waals surface area contributed by atoms with Crippen LogP contribution in [0.1, 0.15) is 23.0 Å². The van der Waals surface area contributed by atoms with Crippen molar-refractivity contribution in [3.8, 4) is 5.75 Å². The summed E-state index contributed by atoms with van der Waals surface area (Å²) in [6.07, 6.45) is 0.00921. The number of ether oxygens (including phenoxy) is 1. The Balaban J connectivity index is 1.69. The molecule has 5 heteroatoms. The van der Waals surface area contributed by atoms with Crippen LogP contribution in [0.2, 0.25) is 5.02 Å². The third kappa shape index (κ3) is 2.53. The molecule has 1 N–H and O–H groups in total. The lowest BCUT2D eigenvalue weighted by Gasteiger charge is -2.24. The predicted molar refractivity (Wildman–Crippen MR) is 94.7 cm³/mol. The van der Waals surface area contributed by atoms with Gasteiger partial charge in [0, 0.05) is 11.9 Å². The van der Waals surface area contributed by atoms with Gasteiger partial charge in [0.15, 0.2) is 0 Å². The van der Waals surface area contributed by atoms with Gasteiger partial charge in [-0.25, -0.2) is 0 Å². The third-order valence-corrected chi connectivity index (χ3v) is 4.59. The van der Waals surface area contributed by atoms with Crippen molar-refractivity contribution < 1.29 is 9.53 Å². The maximum absolute atomic E-state index is 12.7. The molecule has 4 rings (SSSR count). The van der Waals surface area contributed by atoms with Crippen molar-refractivity contribution in [2.24, 2.45) is 0 Å². The second kappa shape index (κ2) is 5.87. The lowest BCUT2D eigenvalue weighted by atomic mass is 10.2. The topological polar surface area (TPSA) is 43.3 Å². The first-order valence-electron chi connectivity index (χ1n) is 7.94. The van der Waals surface area contributed by atoms with Gasteiger partial charge in [-0.3, -0.25) is 4.79 Å². The van der Waals surface area contributed by atoms with Crippen LogP contribution in [0.25, 0.3) is 10.9 Å². The smallest absolute Gasteiger partial charge is 0.268 e. The molecule has 4 nitrogen and oxygen atoms in total. The minimum Gasteiger partial charge on any atom is -0.487 e. The van der Waals surface area contributed by atoms with Gasteiger partial charge in [0.2, 0.25) is 0 Å². The molecule has 0 fully saturated rings. The molecule has 1 aromatic heterocycles.